The van der Waals surface area contributed by atoms with Crippen LogP contribution in [0.15, 0.2) is 0 Å². The highest BCUT2D eigenvalue weighted by Crippen LogP contribution is 2.30. The Morgan fingerprint density at radius 3 is 2.32 bits per heavy atom. The maximum absolute atomic E-state index is 12.6. The molecule has 2 amide bonds. The summed E-state index contributed by atoms with van der Waals surface area (Å²) >= 11 is 0. The van der Waals surface area contributed by atoms with E-state index in [1.165, 1.54) is 0 Å². The first kappa shape index (κ1) is 16.3. The molecule has 1 aliphatic carbocycles. The van der Waals surface area contributed by atoms with Crippen LogP contribution in [0.2, 0.25) is 0 Å². The molecule has 22 heavy (non-hydrogen) atoms. The van der Waals surface area contributed by atoms with Gasteiger partial charge in [-0.2, -0.15) is 10.5 Å². The fourth-order valence-electron chi connectivity index (χ4n) is 3.43. The molecule has 1 aliphatic heterocycles. The first-order valence-electron chi connectivity index (χ1n) is 7.99. The zero-order chi connectivity index (χ0) is 15.9. The smallest absolute Gasteiger partial charge is 0.228 e. The second kappa shape index (κ2) is 7.79. The summed E-state index contributed by atoms with van der Waals surface area (Å²) in [6.07, 6.45) is 5.17. The average Bonchev–Trinajstić information content (AvgIpc) is 3.16. The van der Waals surface area contributed by atoms with E-state index in [4.69, 9.17) is 10.5 Å². The van der Waals surface area contributed by atoms with E-state index in [1.807, 2.05) is 17.0 Å². The Bertz CT molecular complexity index is 481. The Balaban J connectivity index is 1.96. The molecule has 0 aromatic heterocycles. The van der Waals surface area contributed by atoms with E-state index < -0.39 is 0 Å². The van der Waals surface area contributed by atoms with E-state index >= 15 is 0 Å². The van der Waals surface area contributed by atoms with Crippen LogP contribution in [-0.4, -0.2) is 47.3 Å². The van der Waals surface area contributed by atoms with Crippen molar-refractivity contribution in [2.24, 2.45) is 5.92 Å². The fourth-order valence-corrected chi connectivity index (χ4v) is 3.43. The van der Waals surface area contributed by atoms with Crippen molar-refractivity contribution in [3.05, 3.63) is 0 Å². The summed E-state index contributed by atoms with van der Waals surface area (Å²) in [7, 11) is 0. The summed E-state index contributed by atoms with van der Waals surface area (Å²) in [5.41, 5.74) is 0. The summed E-state index contributed by atoms with van der Waals surface area (Å²) in [4.78, 5) is 28.2. The monoisotopic (exact) mass is 302 g/mol. The Kier molecular flexibility index (Phi) is 5.77. The summed E-state index contributed by atoms with van der Waals surface area (Å²) in [5, 5.41) is 17.4. The lowest BCUT2D eigenvalue weighted by atomic mass is 10.1. The van der Waals surface area contributed by atoms with E-state index in [2.05, 4.69) is 0 Å². The molecule has 1 heterocycles. The third kappa shape index (κ3) is 3.76. The molecule has 0 spiro atoms. The van der Waals surface area contributed by atoms with E-state index in [9.17, 15) is 9.59 Å². The minimum absolute atomic E-state index is 0.0748. The molecule has 6 heteroatoms. The molecule has 2 aliphatic rings. The van der Waals surface area contributed by atoms with E-state index in [-0.39, 0.29) is 37.0 Å². The first-order chi connectivity index (χ1) is 10.7. The molecule has 1 saturated heterocycles. The van der Waals surface area contributed by atoms with Gasteiger partial charge in [0.25, 0.3) is 0 Å². The van der Waals surface area contributed by atoms with Crippen molar-refractivity contribution in [2.75, 3.05) is 19.6 Å². The molecule has 0 aromatic carbocycles. The minimum Gasteiger partial charge on any atom is -0.340 e. The molecule has 118 valence electrons. The molecule has 0 bridgehead atoms. The molecule has 6 nitrogen and oxygen atoms in total. The Morgan fingerprint density at radius 2 is 1.77 bits per heavy atom. The normalized spacial score (nSPS) is 21.6. The van der Waals surface area contributed by atoms with Crippen LogP contribution in [0, 0.1) is 28.6 Å². The average molecular weight is 302 g/mol. The second-order valence-electron chi connectivity index (χ2n) is 6.03. The summed E-state index contributed by atoms with van der Waals surface area (Å²) < 4.78 is 0. The molecular formula is C16H22N4O2. The number of nitriles is 2. The van der Waals surface area contributed by atoms with Gasteiger partial charge in [-0.1, -0.05) is 12.8 Å². The molecule has 1 atom stereocenters. The van der Waals surface area contributed by atoms with E-state index in [1.54, 1.807) is 4.90 Å². The molecular weight excluding hydrogens is 280 g/mol. The predicted molar refractivity (Wildman–Crippen MR) is 79.1 cm³/mol. The van der Waals surface area contributed by atoms with Gasteiger partial charge in [0.2, 0.25) is 11.8 Å². The molecule has 1 unspecified atom stereocenters. The topological polar surface area (TPSA) is 88.2 Å². The highest BCUT2D eigenvalue weighted by molar-refractivity contribution is 5.89. The van der Waals surface area contributed by atoms with Gasteiger partial charge in [-0.25, -0.2) is 0 Å². The molecule has 0 aromatic rings. The van der Waals surface area contributed by atoms with Gasteiger partial charge in [0.1, 0.15) is 0 Å². The van der Waals surface area contributed by atoms with Crippen molar-refractivity contribution in [2.45, 2.75) is 51.0 Å². The number of hydrogen-bond acceptors (Lipinski definition) is 4. The largest absolute Gasteiger partial charge is 0.340 e. The number of carbonyl (C=O) groups is 2. The van der Waals surface area contributed by atoms with Crippen LogP contribution in [0.25, 0.3) is 0 Å². The Morgan fingerprint density at radius 1 is 1.18 bits per heavy atom. The van der Waals surface area contributed by atoms with Crippen molar-refractivity contribution >= 4 is 11.8 Å². The molecule has 2 fully saturated rings. The van der Waals surface area contributed by atoms with Crippen LogP contribution in [0.1, 0.15) is 44.9 Å². The van der Waals surface area contributed by atoms with Crippen molar-refractivity contribution in [1.82, 2.24) is 9.80 Å². The highest BCUT2D eigenvalue weighted by atomic mass is 16.2. The molecule has 0 N–H and O–H groups in total. The zero-order valence-electron chi connectivity index (χ0n) is 12.8. The fraction of sp³-hybridized carbons (Fsp3) is 0.750. The van der Waals surface area contributed by atoms with Gasteiger partial charge in [0.05, 0.1) is 30.9 Å². The van der Waals surface area contributed by atoms with Gasteiger partial charge in [0.15, 0.2) is 0 Å². The van der Waals surface area contributed by atoms with Gasteiger partial charge < -0.3 is 9.80 Å². The summed E-state index contributed by atoms with van der Waals surface area (Å²) in [6.45, 7) is 1.17. The van der Waals surface area contributed by atoms with Gasteiger partial charge in [-0.3, -0.25) is 9.59 Å². The van der Waals surface area contributed by atoms with Crippen LogP contribution in [0.5, 0.6) is 0 Å². The first-order valence-corrected chi connectivity index (χ1v) is 7.99. The number of carbonyl (C=O) groups excluding carboxylic acids is 2. The van der Waals surface area contributed by atoms with Crippen molar-refractivity contribution < 1.29 is 9.59 Å². The van der Waals surface area contributed by atoms with Crippen molar-refractivity contribution in [1.29, 1.82) is 10.5 Å². The molecule has 0 radical (unpaired) electrons. The molecule has 1 saturated carbocycles. The quantitative estimate of drug-likeness (QED) is 0.742. The zero-order valence-corrected chi connectivity index (χ0v) is 12.8. The van der Waals surface area contributed by atoms with Gasteiger partial charge >= 0.3 is 0 Å². The van der Waals surface area contributed by atoms with E-state index in [0.29, 0.717) is 25.7 Å². The second-order valence-corrected chi connectivity index (χ2v) is 6.03. The Hall–Kier alpha value is -2.08. The maximum Gasteiger partial charge on any atom is 0.228 e. The highest BCUT2D eigenvalue weighted by Gasteiger charge is 2.39. The van der Waals surface area contributed by atoms with Crippen LogP contribution in [-0.2, 0) is 9.59 Å². The summed E-state index contributed by atoms with van der Waals surface area (Å²) in [5.74, 6) is -0.324. The lowest BCUT2D eigenvalue weighted by molar-refractivity contribution is -0.135. The number of nitrogens with zero attached hydrogens (tertiary/aromatic N) is 4. The molecule has 2 rings (SSSR count). The third-order valence-electron chi connectivity index (χ3n) is 4.57. The minimum atomic E-state index is -0.314. The lowest BCUT2D eigenvalue weighted by Crippen LogP contribution is -2.40. The van der Waals surface area contributed by atoms with Gasteiger partial charge in [0, 0.05) is 32.1 Å². The SMILES string of the molecule is N#CCCN(CCC#N)C(=O)C1CC(=O)N(C2CCCC2)C1. The maximum atomic E-state index is 12.6. The number of rotatable bonds is 6. The number of amides is 2. The lowest BCUT2D eigenvalue weighted by Gasteiger charge is -2.26. The van der Waals surface area contributed by atoms with Crippen molar-refractivity contribution in [3.8, 4) is 12.1 Å². The summed E-state index contributed by atoms with van der Waals surface area (Å²) in [6, 6.07) is 4.36. The van der Waals surface area contributed by atoms with Crippen molar-refractivity contribution in [3.63, 3.8) is 0 Å². The van der Waals surface area contributed by atoms with Crippen LogP contribution < -0.4 is 0 Å². The van der Waals surface area contributed by atoms with Gasteiger partial charge in [-0.05, 0) is 12.8 Å². The number of likely N-dealkylation sites (tertiary alicyclic amines) is 1. The number of hydrogen-bond donors (Lipinski definition) is 0. The van der Waals surface area contributed by atoms with Crippen LogP contribution in [0.4, 0.5) is 0 Å². The standard InChI is InChI=1S/C16H22N4O2/c17-7-3-9-19(10-4-8-18)16(22)13-11-15(21)20(12-13)14-5-1-2-6-14/h13-14H,1-6,9-12H2. The Labute approximate surface area is 131 Å². The van der Waals surface area contributed by atoms with Gasteiger partial charge in [-0.15, -0.1) is 0 Å². The van der Waals surface area contributed by atoms with E-state index in [0.717, 1.165) is 25.7 Å². The van der Waals surface area contributed by atoms with Crippen LogP contribution in [0.3, 0.4) is 0 Å². The van der Waals surface area contributed by atoms with Crippen LogP contribution >= 0.6 is 0 Å². The third-order valence-corrected chi connectivity index (χ3v) is 4.57. The predicted octanol–water partition coefficient (Wildman–Crippen LogP) is 1.43.